The van der Waals surface area contributed by atoms with Gasteiger partial charge in [-0.1, -0.05) is 6.07 Å². The fourth-order valence-electron chi connectivity index (χ4n) is 3.84. The average molecular weight is 339 g/mol. The highest BCUT2D eigenvalue weighted by atomic mass is 16.2. The lowest BCUT2D eigenvalue weighted by atomic mass is 9.78. The molecule has 4 heterocycles. The van der Waals surface area contributed by atoms with Gasteiger partial charge in [-0.15, -0.1) is 0 Å². The van der Waals surface area contributed by atoms with Crippen LogP contribution in [0.5, 0.6) is 0 Å². The predicted octanol–water partition coefficient (Wildman–Crippen LogP) is 0.798. The summed E-state index contributed by atoms with van der Waals surface area (Å²) in [4.78, 5) is 37.7. The molecular formula is C18H21N5O2. The van der Waals surface area contributed by atoms with Gasteiger partial charge in [0, 0.05) is 51.2 Å². The smallest absolute Gasteiger partial charge is 0.270 e. The summed E-state index contributed by atoms with van der Waals surface area (Å²) in [5.41, 5.74) is 1.07. The number of hydrogen-bond donors (Lipinski definition) is 0. The highest BCUT2D eigenvalue weighted by molar-refractivity contribution is 5.93. The van der Waals surface area contributed by atoms with Crippen molar-refractivity contribution in [2.75, 3.05) is 24.5 Å². The molecule has 0 atom stereocenters. The Morgan fingerprint density at radius 1 is 1.16 bits per heavy atom. The Labute approximate surface area is 145 Å². The van der Waals surface area contributed by atoms with Crippen LogP contribution in [0.1, 0.15) is 30.0 Å². The topological polar surface area (TPSA) is 71.3 Å². The summed E-state index contributed by atoms with van der Waals surface area (Å²) < 4.78 is 1.40. The molecule has 7 heteroatoms. The van der Waals surface area contributed by atoms with Gasteiger partial charge in [-0.2, -0.15) is 0 Å². The molecule has 1 amide bonds. The highest BCUT2D eigenvalue weighted by Gasteiger charge is 2.55. The first-order chi connectivity index (χ1) is 11.9. The molecule has 2 aromatic heterocycles. The van der Waals surface area contributed by atoms with E-state index in [2.05, 4.69) is 28.7 Å². The largest absolute Gasteiger partial charge is 0.352 e. The van der Waals surface area contributed by atoms with E-state index in [1.54, 1.807) is 36.5 Å². The number of fused-ring (bicyclic) bond motifs is 2. The second kappa shape index (κ2) is 5.40. The minimum Gasteiger partial charge on any atom is -0.352 e. The molecule has 0 unspecified atom stereocenters. The Balaban J connectivity index is 1.60. The lowest BCUT2D eigenvalue weighted by molar-refractivity contribution is 0.0405. The summed E-state index contributed by atoms with van der Waals surface area (Å²) in [7, 11) is 1.63. The summed E-state index contributed by atoms with van der Waals surface area (Å²) >= 11 is 0. The number of amides is 1. The van der Waals surface area contributed by atoms with Crippen molar-refractivity contribution in [1.29, 1.82) is 0 Å². The lowest BCUT2D eigenvalue weighted by Crippen LogP contribution is -2.63. The van der Waals surface area contributed by atoms with Crippen LogP contribution in [-0.4, -0.2) is 51.0 Å². The van der Waals surface area contributed by atoms with Crippen molar-refractivity contribution < 1.29 is 4.79 Å². The number of nitrogens with zero attached hydrogens (tertiary/aromatic N) is 5. The molecule has 0 radical (unpaired) electrons. The van der Waals surface area contributed by atoms with Crippen molar-refractivity contribution in [3.63, 3.8) is 0 Å². The van der Waals surface area contributed by atoms with E-state index >= 15 is 0 Å². The zero-order valence-electron chi connectivity index (χ0n) is 14.6. The van der Waals surface area contributed by atoms with Crippen LogP contribution < -0.4 is 10.5 Å². The summed E-state index contributed by atoms with van der Waals surface area (Å²) in [5.74, 6) is 0.816. The maximum absolute atomic E-state index is 12.8. The van der Waals surface area contributed by atoms with Gasteiger partial charge in [-0.05, 0) is 19.9 Å². The van der Waals surface area contributed by atoms with Gasteiger partial charge in [-0.25, -0.2) is 4.98 Å². The summed E-state index contributed by atoms with van der Waals surface area (Å²) in [6, 6.07) is 5.10. The van der Waals surface area contributed by atoms with Crippen LogP contribution in [0.4, 0.5) is 5.82 Å². The fraction of sp³-hybridized carbons (Fsp3) is 0.444. The lowest BCUT2D eigenvalue weighted by Gasteiger charge is -2.47. The molecule has 4 rings (SSSR count). The van der Waals surface area contributed by atoms with Gasteiger partial charge in [0.25, 0.3) is 11.5 Å². The van der Waals surface area contributed by atoms with E-state index in [-0.39, 0.29) is 16.9 Å². The first-order valence-corrected chi connectivity index (χ1v) is 8.46. The third-order valence-electron chi connectivity index (χ3n) is 5.23. The maximum Gasteiger partial charge on any atom is 0.270 e. The van der Waals surface area contributed by atoms with E-state index in [1.807, 2.05) is 0 Å². The standard InChI is InChI=1S/C18H21N5O2/c1-12(2)23-11-18(15-16(23)20-8-7-19-15)9-22(10-18)17(25)13-5-4-6-14(24)21(13)3/h4-8,12H,9-11H2,1-3H3. The Morgan fingerprint density at radius 3 is 2.60 bits per heavy atom. The van der Waals surface area contributed by atoms with Gasteiger partial charge in [0.1, 0.15) is 5.69 Å². The van der Waals surface area contributed by atoms with Crippen molar-refractivity contribution in [2.45, 2.75) is 25.3 Å². The number of likely N-dealkylation sites (tertiary alicyclic amines) is 1. The van der Waals surface area contributed by atoms with E-state index in [4.69, 9.17) is 0 Å². The molecule has 130 valence electrons. The minimum atomic E-state index is -0.177. The van der Waals surface area contributed by atoms with Crippen LogP contribution >= 0.6 is 0 Å². The van der Waals surface area contributed by atoms with Gasteiger partial charge in [0.2, 0.25) is 0 Å². The number of anilines is 1. The average Bonchev–Trinajstić information content (AvgIpc) is 2.91. The van der Waals surface area contributed by atoms with Crippen molar-refractivity contribution in [2.24, 2.45) is 7.05 Å². The van der Waals surface area contributed by atoms with E-state index in [1.165, 1.54) is 10.6 Å². The second-order valence-electron chi connectivity index (χ2n) is 7.20. The molecule has 0 saturated carbocycles. The Bertz CT molecular complexity index is 898. The van der Waals surface area contributed by atoms with Crippen LogP contribution in [0.25, 0.3) is 0 Å². The molecule has 0 aromatic carbocycles. The van der Waals surface area contributed by atoms with Crippen molar-refractivity contribution >= 4 is 11.7 Å². The summed E-state index contributed by atoms with van der Waals surface area (Å²) in [5, 5.41) is 0. The SMILES string of the molecule is CC(C)N1CC2(CN(C(=O)c3cccc(=O)n3C)C2)c2nccnc21. The molecule has 1 fully saturated rings. The third kappa shape index (κ3) is 2.26. The molecule has 25 heavy (non-hydrogen) atoms. The number of carbonyl (C=O) groups excluding carboxylic acids is 1. The number of pyridine rings is 1. The maximum atomic E-state index is 12.8. The molecule has 0 bridgehead atoms. The molecular weight excluding hydrogens is 318 g/mol. The summed E-state index contributed by atoms with van der Waals surface area (Å²) in [6.45, 7) is 6.30. The van der Waals surface area contributed by atoms with Crippen molar-refractivity contribution in [3.05, 3.63) is 52.3 Å². The molecule has 0 aliphatic carbocycles. The number of rotatable bonds is 2. The van der Waals surface area contributed by atoms with E-state index in [9.17, 15) is 9.59 Å². The second-order valence-corrected chi connectivity index (χ2v) is 7.20. The number of hydrogen-bond acceptors (Lipinski definition) is 5. The van der Waals surface area contributed by atoms with E-state index < -0.39 is 0 Å². The number of carbonyl (C=O) groups is 1. The molecule has 2 aliphatic heterocycles. The van der Waals surface area contributed by atoms with Crippen LogP contribution in [-0.2, 0) is 12.5 Å². The van der Waals surface area contributed by atoms with Gasteiger partial charge < -0.3 is 14.4 Å². The predicted molar refractivity (Wildman–Crippen MR) is 93.8 cm³/mol. The van der Waals surface area contributed by atoms with E-state index in [0.29, 0.717) is 24.8 Å². The molecule has 2 aromatic rings. The Hall–Kier alpha value is -2.70. The first kappa shape index (κ1) is 15.8. The van der Waals surface area contributed by atoms with Gasteiger partial charge in [0.05, 0.1) is 11.1 Å². The van der Waals surface area contributed by atoms with Crippen LogP contribution in [0.3, 0.4) is 0 Å². The zero-order valence-corrected chi connectivity index (χ0v) is 14.6. The number of aromatic nitrogens is 3. The normalized spacial score (nSPS) is 17.8. The molecule has 2 aliphatic rings. The quantitative estimate of drug-likeness (QED) is 0.809. The minimum absolute atomic E-state index is 0.112. The third-order valence-corrected chi connectivity index (χ3v) is 5.23. The Kier molecular flexibility index (Phi) is 3.42. The molecule has 0 N–H and O–H groups in total. The first-order valence-electron chi connectivity index (χ1n) is 8.46. The molecule has 7 nitrogen and oxygen atoms in total. The fourth-order valence-corrected chi connectivity index (χ4v) is 3.84. The zero-order chi connectivity index (χ0) is 17.8. The van der Waals surface area contributed by atoms with Gasteiger partial charge >= 0.3 is 0 Å². The molecule has 1 spiro atoms. The van der Waals surface area contributed by atoms with Crippen molar-refractivity contribution in [3.8, 4) is 0 Å². The van der Waals surface area contributed by atoms with Gasteiger partial charge in [-0.3, -0.25) is 14.6 Å². The molecule has 1 saturated heterocycles. The summed E-state index contributed by atoms with van der Waals surface area (Å²) in [6.07, 6.45) is 3.43. The van der Waals surface area contributed by atoms with E-state index in [0.717, 1.165) is 18.1 Å². The van der Waals surface area contributed by atoms with Crippen LogP contribution in [0.2, 0.25) is 0 Å². The Morgan fingerprint density at radius 2 is 1.88 bits per heavy atom. The van der Waals surface area contributed by atoms with Gasteiger partial charge in [0.15, 0.2) is 5.82 Å². The van der Waals surface area contributed by atoms with Crippen LogP contribution in [0.15, 0.2) is 35.4 Å². The monoisotopic (exact) mass is 339 g/mol. The highest BCUT2D eigenvalue weighted by Crippen LogP contribution is 2.45. The van der Waals surface area contributed by atoms with Crippen LogP contribution in [0, 0.1) is 0 Å². The van der Waals surface area contributed by atoms with Crippen molar-refractivity contribution in [1.82, 2.24) is 19.4 Å².